The first kappa shape index (κ1) is 24.3. The van der Waals surface area contributed by atoms with Gasteiger partial charge in [0, 0.05) is 25.8 Å². The zero-order valence-corrected chi connectivity index (χ0v) is 19.6. The SMILES string of the molecule is COc1ccc(CNC(=O)c2cc(CN(CC3CCCO3)C(=O)COc3ccccc3)on2)cc1. The normalized spacial score (nSPS) is 14.9. The van der Waals surface area contributed by atoms with Gasteiger partial charge in [-0.25, -0.2) is 0 Å². The summed E-state index contributed by atoms with van der Waals surface area (Å²) in [4.78, 5) is 27.1. The van der Waals surface area contributed by atoms with Crippen molar-refractivity contribution in [1.82, 2.24) is 15.4 Å². The molecule has 2 aromatic carbocycles. The van der Waals surface area contributed by atoms with Crippen LogP contribution >= 0.6 is 0 Å². The molecule has 2 heterocycles. The van der Waals surface area contributed by atoms with Gasteiger partial charge in [-0.1, -0.05) is 35.5 Å². The van der Waals surface area contributed by atoms with E-state index >= 15 is 0 Å². The Kier molecular flexibility index (Phi) is 8.34. The van der Waals surface area contributed by atoms with Crippen LogP contribution in [0.25, 0.3) is 0 Å². The first-order valence-electron chi connectivity index (χ1n) is 11.5. The number of methoxy groups -OCH3 is 1. The van der Waals surface area contributed by atoms with Gasteiger partial charge in [-0.15, -0.1) is 0 Å². The highest BCUT2D eigenvalue weighted by Gasteiger charge is 2.25. The molecule has 184 valence electrons. The van der Waals surface area contributed by atoms with Crippen LogP contribution in [0.2, 0.25) is 0 Å². The highest BCUT2D eigenvalue weighted by atomic mass is 16.5. The maximum Gasteiger partial charge on any atom is 0.273 e. The van der Waals surface area contributed by atoms with Crippen LogP contribution in [0.4, 0.5) is 0 Å². The van der Waals surface area contributed by atoms with Gasteiger partial charge in [0.25, 0.3) is 11.8 Å². The number of nitrogens with one attached hydrogen (secondary N) is 1. The minimum absolute atomic E-state index is 0.0362. The lowest BCUT2D eigenvalue weighted by Gasteiger charge is -2.24. The van der Waals surface area contributed by atoms with E-state index in [9.17, 15) is 9.59 Å². The quantitative estimate of drug-likeness (QED) is 0.450. The van der Waals surface area contributed by atoms with Crippen LogP contribution in [-0.4, -0.2) is 54.8 Å². The fourth-order valence-corrected chi connectivity index (χ4v) is 3.74. The fraction of sp³-hybridized carbons (Fsp3) is 0.346. The maximum absolute atomic E-state index is 12.9. The number of carbonyl (C=O) groups excluding carboxylic acids is 2. The van der Waals surface area contributed by atoms with Crippen molar-refractivity contribution in [2.24, 2.45) is 0 Å². The summed E-state index contributed by atoms with van der Waals surface area (Å²) in [6.07, 6.45) is 1.82. The standard InChI is InChI=1S/C26H29N3O6/c1-32-20-11-9-19(10-12-20)15-27-26(31)24-14-23(35-28-24)17-29(16-22-8-5-13-33-22)25(30)18-34-21-6-3-2-4-7-21/h2-4,6-7,9-12,14,22H,5,8,13,15-18H2,1H3,(H,27,31). The van der Waals surface area contributed by atoms with E-state index in [0.29, 0.717) is 31.2 Å². The van der Waals surface area contributed by atoms with Gasteiger partial charge in [0.15, 0.2) is 18.1 Å². The van der Waals surface area contributed by atoms with E-state index in [1.165, 1.54) is 0 Å². The number of para-hydroxylation sites is 1. The average Bonchev–Trinajstić information content (AvgIpc) is 3.59. The molecule has 1 N–H and O–H groups in total. The van der Waals surface area contributed by atoms with Crippen molar-refractivity contribution in [3.05, 3.63) is 77.7 Å². The maximum atomic E-state index is 12.9. The predicted octanol–water partition coefficient (Wildman–Crippen LogP) is 3.20. The molecule has 1 fully saturated rings. The zero-order chi connectivity index (χ0) is 24.5. The molecule has 0 saturated carbocycles. The lowest BCUT2D eigenvalue weighted by molar-refractivity contribution is -0.136. The van der Waals surface area contributed by atoms with Gasteiger partial charge in [0.2, 0.25) is 0 Å². The van der Waals surface area contributed by atoms with Crippen LogP contribution in [0.15, 0.2) is 65.2 Å². The Bertz CT molecular complexity index is 1090. The van der Waals surface area contributed by atoms with Gasteiger partial charge in [0.05, 0.1) is 19.8 Å². The molecule has 0 bridgehead atoms. The van der Waals surface area contributed by atoms with E-state index in [-0.39, 0.29) is 36.8 Å². The average molecular weight is 480 g/mol. The van der Waals surface area contributed by atoms with Crippen LogP contribution in [-0.2, 0) is 22.6 Å². The molecule has 0 aliphatic carbocycles. The van der Waals surface area contributed by atoms with E-state index in [1.807, 2.05) is 42.5 Å². The Hall–Kier alpha value is -3.85. The number of carbonyl (C=O) groups is 2. The number of hydrogen-bond acceptors (Lipinski definition) is 7. The van der Waals surface area contributed by atoms with E-state index in [0.717, 1.165) is 24.2 Å². The van der Waals surface area contributed by atoms with Crippen LogP contribution in [0.1, 0.15) is 34.7 Å². The number of aromatic nitrogens is 1. The summed E-state index contributed by atoms with van der Waals surface area (Å²) >= 11 is 0. The van der Waals surface area contributed by atoms with Crippen molar-refractivity contribution in [1.29, 1.82) is 0 Å². The summed E-state index contributed by atoms with van der Waals surface area (Å²) in [6, 6.07) is 18.1. The number of hydrogen-bond donors (Lipinski definition) is 1. The number of benzene rings is 2. The largest absolute Gasteiger partial charge is 0.497 e. The Morgan fingerprint density at radius 1 is 1.11 bits per heavy atom. The molecule has 1 unspecified atom stereocenters. The van der Waals surface area contributed by atoms with Crippen molar-refractivity contribution in [2.75, 3.05) is 26.9 Å². The fourth-order valence-electron chi connectivity index (χ4n) is 3.74. The number of nitrogens with zero attached hydrogens (tertiary/aromatic N) is 2. The Morgan fingerprint density at radius 2 is 1.91 bits per heavy atom. The second-order valence-corrected chi connectivity index (χ2v) is 8.22. The summed E-state index contributed by atoms with van der Waals surface area (Å²) < 4.78 is 21.9. The van der Waals surface area contributed by atoms with Crippen LogP contribution in [0, 0.1) is 0 Å². The molecule has 0 radical (unpaired) electrons. The number of amides is 2. The molecule has 3 aromatic rings. The summed E-state index contributed by atoms with van der Waals surface area (Å²) in [7, 11) is 1.60. The van der Waals surface area contributed by atoms with Crippen molar-refractivity contribution in [2.45, 2.75) is 32.0 Å². The monoisotopic (exact) mass is 479 g/mol. The van der Waals surface area contributed by atoms with Crippen molar-refractivity contribution < 1.29 is 28.3 Å². The van der Waals surface area contributed by atoms with Crippen LogP contribution in [0.3, 0.4) is 0 Å². The number of rotatable bonds is 11. The molecule has 1 saturated heterocycles. The molecule has 35 heavy (non-hydrogen) atoms. The van der Waals surface area contributed by atoms with E-state index in [4.69, 9.17) is 18.7 Å². The molecule has 9 heteroatoms. The second-order valence-electron chi connectivity index (χ2n) is 8.22. The van der Waals surface area contributed by atoms with Gasteiger partial charge < -0.3 is 29.0 Å². The first-order valence-corrected chi connectivity index (χ1v) is 11.5. The smallest absolute Gasteiger partial charge is 0.273 e. The first-order chi connectivity index (χ1) is 17.1. The van der Waals surface area contributed by atoms with Gasteiger partial charge in [-0.05, 0) is 42.7 Å². The minimum Gasteiger partial charge on any atom is -0.497 e. The van der Waals surface area contributed by atoms with Crippen molar-refractivity contribution >= 4 is 11.8 Å². The third-order valence-corrected chi connectivity index (χ3v) is 5.66. The third kappa shape index (κ3) is 7.07. The molecule has 1 atom stereocenters. The lowest BCUT2D eigenvalue weighted by Crippen LogP contribution is -2.39. The van der Waals surface area contributed by atoms with Crippen LogP contribution in [0.5, 0.6) is 11.5 Å². The highest BCUT2D eigenvalue weighted by molar-refractivity contribution is 5.92. The Labute approximate surface area is 203 Å². The molecule has 1 aliphatic heterocycles. The van der Waals surface area contributed by atoms with Gasteiger partial charge in [-0.3, -0.25) is 9.59 Å². The lowest BCUT2D eigenvalue weighted by atomic mass is 10.2. The Balaban J connectivity index is 1.34. The van der Waals surface area contributed by atoms with Gasteiger partial charge in [0.1, 0.15) is 11.5 Å². The van der Waals surface area contributed by atoms with Gasteiger partial charge in [-0.2, -0.15) is 0 Å². The molecule has 0 spiro atoms. The molecule has 9 nitrogen and oxygen atoms in total. The van der Waals surface area contributed by atoms with Crippen molar-refractivity contribution in [3.63, 3.8) is 0 Å². The summed E-state index contributed by atoms with van der Waals surface area (Å²) in [5.74, 6) is 1.21. The molecule has 2 amide bonds. The Morgan fingerprint density at radius 3 is 2.63 bits per heavy atom. The summed E-state index contributed by atoms with van der Waals surface area (Å²) in [6.45, 7) is 1.49. The van der Waals surface area contributed by atoms with E-state index < -0.39 is 0 Å². The summed E-state index contributed by atoms with van der Waals surface area (Å²) in [5.41, 5.74) is 1.08. The zero-order valence-electron chi connectivity index (χ0n) is 19.6. The van der Waals surface area contributed by atoms with Crippen molar-refractivity contribution in [3.8, 4) is 11.5 Å². The highest BCUT2D eigenvalue weighted by Crippen LogP contribution is 2.17. The predicted molar refractivity (Wildman–Crippen MR) is 127 cm³/mol. The second kappa shape index (κ2) is 12.0. The third-order valence-electron chi connectivity index (χ3n) is 5.66. The number of ether oxygens (including phenoxy) is 3. The van der Waals surface area contributed by atoms with E-state index in [1.54, 1.807) is 30.2 Å². The molecular formula is C26H29N3O6. The molecule has 1 aromatic heterocycles. The molecule has 1 aliphatic rings. The molecule has 4 rings (SSSR count). The van der Waals surface area contributed by atoms with E-state index in [2.05, 4.69) is 10.5 Å². The van der Waals surface area contributed by atoms with Crippen LogP contribution < -0.4 is 14.8 Å². The van der Waals surface area contributed by atoms with Gasteiger partial charge >= 0.3 is 0 Å². The topological polar surface area (TPSA) is 103 Å². The summed E-state index contributed by atoms with van der Waals surface area (Å²) in [5, 5.41) is 6.70. The molecular weight excluding hydrogens is 450 g/mol. The minimum atomic E-state index is -0.361.